The number of aryl methyl sites for hydroxylation is 1. The number of nitrogens with two attached hydrogens (primary N) is 1. The van der Waals surface area contributed by atoms with Gasteiger partial charge in [0.05, 0.1) is 33.4 Å². The van der Waals surface area contributed by atoms with Crippen molar-refractivity contribution in [3.8, 4) is 23.3 Å². The summed E-state index contributed by atoms with van der Waals surface area (Å²) in [5.41, 5.74) is 7.96. The molecular weight excluding hydrogens is 494 g/mol. The summed E-state index contributed by atoms with van der Waals surface area (Å²) < 4.78 is 16.3. The Hall–Kier alpha value is -4.77. The van der Waals surface area contributed by atoms with E-state index in [1.165, 1.54) is 21.3 Å². The number of anilines is 1. The number of ether oxygens (including phenoxy) is 3. The average molecular weight is 524 g/mol. The minimum atomic E-state index is -1.77. The van der Waals surface area contributed by atoms with Crippen LogP contribution in [0, 0.1) is 23.7 Å². The number of fused-ring (bicyclic) bond motifs is 3. The van der Waals surface area contributed by atoms with Crippen molar-refractivity contribution in [3.63, 3.8) is 0 Å². The van der Waals surface area contributed by atoms with E-state index in [2.05, 4.69) is 6.07 Å². The van der Waals surface area contributed by atoms with Crippen molar-refractivity contribution in [1.29, 1.82) is 5.26 Å². The van der Waals surface area contributed by atoms with E-state index in [9.17, 15) is 14.9 Å². The fourth-order valence-electron chi connectivity index (χ4n) is 5.97. The second-order valence-electron chi connectivity index (χ2n) is 9.75. The molecular formula is C31H29N3O5. The van der Waals surface area contributed by atoms with E-state index < -0.39 is 29.3 Å². The topological polar surface area (TPSA) is 115 Å². The summed E-state index contributed by atoms with van der Waals surface area (Å²) in [5.74, 6) is -0.584. The summed E-state index contributed by atoms with van der Waals surface area (Å²) in [6.45, 7) is 1.98. The zero-order valence-electron chi connectivity index (χ0n) is 22.2. The first-order chi connectivity index (χ1) is 18.8. The summed E-state index contributed by atoms with van der Waals surface area (Å²) in [7, 11) is 4.56. The van der Waals surface area contributed by atoms with Crippen molar-refractivity contribution in [2.75, 3.05) is 26.2 Å². The third-order valence-corrected chi connectivity index (χ3v) is 7.77. The highest BCUT2D eigenvalue weighted by Crippen LogP contribution is 2.56. The van der Waals surface area contributed by atoms with Crippen molar-refractivity contribution < 1.29 is 23.8 Å². The minimum absolute atomic E-state index is 0.265. The molecule has 1 fully saturated rings. The van der Waals surface area contributed by atoms with Crippen LogP contribution in [-0.2, 0) is 4.79 Å². The minimum Gasteiger partial charge on any atom is -0.497 e. The molecule has 0 spiro atoms. The number of rotatable bonds is 7. The summed E-state index contributed by atoms with van der Waals surface area (Å²) >= 11 is 0. The molecule has 0 radical (unpaired) electrons. The van der Waals surface area contributed by atoms with Crippen LogP contribution in [0.15, 0.2) is 66.7 Å². The van der Waals surface area contributed by atoms with Crippen LogP contribution in [0.4, 0.5) is 5.69 Å². The Bertz CT molecular complexity index is 1540. The van der Waals surface area contributed by atoms with Gasteiger partial charge in [-0.1, -0.05) is 42.0 Å². The van der Waals surface area contributed by atoms with Crippen molar-refractivity contribution in [3.05, 3.63) is 89.0 Å². The molecule has 3 aromatic rings. The number of methoxy groups -OCH3 is 3. The smallest absolute Gasteiger partial charge is 0.241 e. The zero-order valence-corrected chi connectivity index (χ0v) is 22.2. The molecule has 2 heterocycles. The summed E-state index contributed by atoms with van der Waals surface area (Å²) in [6.07, 6.45) is 3.70. The molecule has 1 saturated heterocycles. The molecule has 39 heavy (non-hydrogen) atoms. The Balaban J connectivity index is 1.81. The van der Waals surface area contributed by atoms with E-state index in [1.54, 1.807) is 42.5 Å². The molecule has 0 saturated carbocycles. The largest absolute Gasteiger partial charge is 0.497 e. The number of hydrogen-bond donors (Lipinski definition) is 1. The number of hydrogen-bond acceptors (Lipinski definition) is 7. The standard InChI is InChI=1S/C31H29N3O5/c1-18-8-11-23-19(14-18)10-13-26-31(17-32,30(33)36)27(20-9-12-24(38-3)25(16-20)39-4)28(34(23)26)29(35)21-6-5-7-22(15-21)37-2/h5-16,26-28H,1-4H3,(H2,33,36). The molecule has 2 N–H and O–H groups in total. The van der Waals surface area contributed by atoms with E-state index in [1.807, 2.05) is 42.2 Å². The molecule has 8 heteroatoms. The van der Waals surface area contributed by atoms with Crippen molar-refractivity contribution in [2.24, 2.45) is 11.1 Å². The van der Waals surface area contributed by atoms with Gasteiger partial charge in [-0.25, -0.2) is 0 Å². The average Bonchev–Trinajstić information content (AvgIpc) is 3.27. The Morgan fingerprint density at radius 1 is 0.974 bits per heavy atom. The summed E-state index contributed by atoms with van der Waals surface area (Å²) in [6, 6.07) is 18.5. The van der Waals surface area contributed by atoms with E-state index in [0.717, 1.165) is 16.8 Å². The third kappa shape index (κ3) is 3.89. The molecule has 2 aliphatic rings. The quantitative estimate of drug-likeness (QED) is 0.460. The highest BCUT2D eigenvalue weighted by molar-refractivity contribution is 6.06. The second kappa shape index (κ2) is 9.84. The Morgan fingerprint density at radius 3 is 2.41 bits per heavy atom. The first kappa shape index (κ1) is 25.9. The van der Waals surface area contributed by atoms with Gasteiger partial charge in [-0.2, -0.15) is 5.26 Å². The van der Waals surface area contributed by atoms with Gasteiger partial charge in [0.2, 0.25) is 5.91 Å². The maximum atomic E-state index is 14.5. The summed E-state index contributed by atoms with van der Waals surface area (Å²) in [5, 5.41) is 10.7. The maximum Gasteiger partial charge on any atom is 0.241 e. The number of Topliss-reactive ketones (excluding diaryl/α,β-unsaturated/α-hetero) is 1. The Labute approximate surface area is 227 Å². The van der Waals surface area contributed by atoms with Gasteiger partial charge in [0.15, 0.2) is 22.7 Å². The van der Waals surface area contributed by atoms with Gasteiger partial charge >= 0.3 is 0 Å². The van der Waals surface area contributed by atoms with Crippen LogP contribution in [0.5, 0.6) is 17.2 Å². The lowest BCUT2D eigenvalue weighted by Gasteiger charge is -2.36. The molecule has 8 nitrogen and oxygen atoms in total. The molecule has 198 valence electrons. The van der Waals surface area contributed by atoms with Crippen molar-refractivity contribution in [1.82, 2.24) is 0 Å². The maximum absolute atomic E-state index is 14.5. The van der Waals surface area contributed by atoms with Crippen LogP contribution in [0.2, 0.25) is 0 Å². The number of ketones is 1. The van der Waals surface area contributed by atoms with Gasteiger partial charge < -0.3 is 24.8 Å². The van der Waals surface area contributed by atoms with Gasteiger partial charge in [-0.05, 0) is 54.4 Å². The van der Waals surface area contributed by atoms with Gasteiger partial charge in [0.25, 0.3) is 0 Å². The molecule has 2 aliphatic heterocycles. The fraction of sp³-hybridized carbons (Fsp3) is 0.258. The number of benzene rings is 3. The van der Waals surface area contributed by atoms with E-state index >= 15 is 0 Å². The van der Waals surface area contributed by atoms with Gasteiger partial charge in [-0.15, -0.1) is 0 Å². The monoisotopic (exact) mass is 523 g/mol. The molecule has 0 aliphatic carbocycles. The van der Waals surface area contributed by atoms with Crippen molar-refractivity contribution in [2.45, 2.75) is 24.9 Å². The van der Waals surface area contributed by atoms with E-state index in [0.29, 0.717) is 28.4 Å². The van der Waals surface area contributed by atoms with Crippen LogP contribution in [0.1, 0.15) is 33.0 Å². The molecule has 4 unspecified atom stereocenters. The Kier molecular flexibility index (Phi) is 6.52. The third-order valence-electron chi connectivity index (χ3n) is 7.77. The first-order valence-corrected chi connectivity index (χ1v) is 12.5. The fourth-order valence-corrected chi connectivity index (χ4v) is 5.97. The number of primary amides is 1. The lowest BCUT2D eigenvalue weighted by Crippen LogP contribution is -2.49. The highest BCUT2D eigenvalue weighted by atomic mass is 16.5. The van der Waals surface area contributed by atoms with E-state index in [4.69, 9.17) is 19.9 Å². The predicted octanol–water partition coefficient (Wildman–Crippen LogP) is 4.27. The number of nitriles is 1. The summed E-state index contributed by atoms with van der Waals surface area (Å²) in [4.78, 5) is 29.8. The normalized spacial score (nSPS) is 22.8. The van der Waals surface area contributed by atoms with Crippen LogP contribution >= 0.6 is 0 Å². The van der Waals surface area contributed by atoms with Gasteiger partial charge in [0.1, 0.15) is 11.8 Å². The number of amides is 1. The van der Waals surface area contributed by atoms with Gasteiger partial charge in [0, 0.05) is 17.2 Å². The van der Waals surface area contributed by atoms with E-state index in [-0.39, 0.29) is 5.78 Å². The molecule has 0 bridgehead atoms. The van der Waals surface area contributed by atoms with Crippen LogP contribution in [0.25, 0.3) is 6.08 Å². The number of carbonyl (C=O) groups excluding carboxylic acids is 2. The van der Waals surface area contributed by atoms with Crippen LogP contribution < -0.4 is 24.8 Å². The lowest BCUT2D eigenvalue weighted by atomic mass is 9.67. The Morgan fingerprint density at radius 2 is 1.74 bits per heavy atom. The highest BCUT2D eigenvalue weighted by Gasteiger charge is 2.66. The van der Waals surface area contributed by atoms with Crippen molar-refractivity contribution >= 4 is 23.5 Å². The van der Waals surface area contributed by atoms with Crippen LogP contribution in [-0.4, -0.2) is 45.1 Å². The number of nitrogens with zero attached hydrogens (tertiary/aromatic N) is 2. The zero-order chi connectivity index (χ0) is 27.9. The molecule has 3 aromatic carbocycles. The molecule has 1 amide bonds. The first-order valence-electron chi connectivity index (χ1n) is 12.5. The SMILES string of the molecule is COc1cccc(C(=O)C2C(c3ccc(OC)c(OC)c3)C(C#N)(C(N)=O)C3C=Cc4cc(C)ccc4N23)c1. The van der Waals surface area contributed by atoms with Gasteiger partial charge in [-0.3, -0.25) is 9.59 Å². The second-order valence-corrected chi connectivity index (χ2v) is 9.75. The molecule has 5 rings (SSSR count). The molecule has 0 aromatic heterocycles. The molecule has 4 atom stereocenters. The predicted molar refractivity (Wildman–Crippen MR) is 147 cm³/mol. The lowest BCUT2D eigenvalue weighted by molar-refractivity contribution is -0.125. The van der Waals surface area contributed by atoms with Crippen LogP contribution in [0.3, 0.4) is 0 Å². The number of carbonyl (C=O) groups is 2.